The van der Waals surface area contributed by atoms with E-state index < -0.39 is 0 Å². The average molecular weight is 490 g/mol. The van der Waals surface area contributed by atoms with Crippen LogP contribution in [0.3, 0.4) is 0 Å². The van der Waals surface area contributed by atoms with Gasteiger partial charge in [-0.25, -0.2) is 9.97 Å². The SMILES string of the molecule is CN(CCc1ccccc1)c1ccccc1-c1cc(N2CCOCC2)nc(-c2cccc3[nH]ccc23)n1. The number of rotatable bonds is 7. The molecule has 0 spiro atoms. The van der Waals surface area contributed by atoms with Crippen LogP contribution in [-0.4, -0.2) is 54.8 Å². The number of H-pyrrole nitrogens is 1. The molecule has 1 aliphatic heterocycles. The Morgan fingerprint density at radius 3 is 2.51 bits per heavy atom. The van der Waals surface area contributed by atoms with E-state index in [2.05, 4.69) is 107 Å². The van der Waals surface area contributed by atoms with Gasteiger partial charge in [-0.2, -0.15) is 0 Å². The van der Waals surface area contributed by atoms with Gasteiger partial charge in [-0.1, -0.05) is 60.7 Å². The summed E-state index contributed by atoms with van der Waals surface area (Å²) in [6.07, 6.45) is 2.95. The lowest BCUT2D eigenvalue weighted by molar-refractivity contribution is 0.122. The Hall–Kier alpha value is -4.16. The zero-order valence-corrected chi connectivity index (χ0v) is 21.1. The molecule has 5 aromatic rings. The van der Waals surface area contributed by atoms with Crippen molar-refractivity contribution >= 4 is 22.4 Å². The third-order valence-corrected chi connectivity index (χ3v) is 7.05. The quantitative estimate of drug-likeness (QED) is 0.313. The van der Waals surface area contributed by atoms with Gasteiger partial charge in [0.2, 0.25) is 0 Å². The highest BCUT2D eigenvalue weighted by Crippen LogP contribution is 2.34. The molecule has 0 aliphatic carbocycles. The summed E-state index contributed by atoms with van der Waals surface area (Å²) in [5, 5.41) is 1.13. The number of hydrogen-bond acceptors (Lipinski definition) is 5. The van der Waals surface area contributed by atoms with Gasteiger partial charge in [0.25, 0.3) is 0 Å². The second-order valence-corrected chi connectivity index (χ2v) is 9.45. The summed E-state index contributed by atoms with van der Waals surface area (Å²) < 4.78 is 5.62. The molecular formula is C31H31N5O. The fraction of sp³-hybridized carbons (Fsp3) is 0.226. The lowest BCUT2D eigenvalue weighted by Crippen LogP contribution is -2.36. The fourth-order valence-corrected chi connectivity index (χ4v) is 5.01. The van der Waals surface area contributed by atoms with Crippen LogP contribution in [0.4, 0.5) is 11.5 Å². The van der Waals surface area contributed by atoms with Gasteiger partial charge in [-0.05, 0) is 30.2 Å². The number of nitrogens with one attached hydrogen (secondary N) is 1. The molecule has 0 radical (unpaired) electrons. The fourth-order valence-electron chi connectivity index (χ4n) is 5.01. The third kappa shape index (κ3) is 4.93. The van der Waals surface area contributed by atoms with Gasteiger partial charge >= 0.3 is 0 Å². The summed E-state index contributed by atoms with van der Waals surface area (Å²) >= 11 is 0. The Balaban J connectivity index is 1.42. The molecule has 1 aliphatic rings. The Bertz CT molecular complexity index is 1490. The molecule has 1 N–H and O–H groups in total. The molecule has 0 saturated carbocycles. The van der Waals surface area contributed by atoms with Crippen molar-refractivity contribution in [2.45, 2.75) is 6.42 Å². The number of benzene rings is 3. The molecular weight excluding hydrogens is 458 g/mol. The zero-order chi connectivity index (χ0) is 25.0. The van der Waals surface area contributed by atoms with Gasteiger partial charge in [0.1, 0.15) is 5.82 Å². The van der Waals surface area contributed by atoms with Gasteiger partial charge in [-0.15, -0.1) is 0 Å². The zero-order valence-electron chi connectivity index (χ0n) is 21.1. The van der Waals surface area contributed by atoms with Crippen LogP contribution in [0.1, 0.15) is 5.56 Å². The van der Waals surface area contributed by atoms with E-state index in [4.69, 9.17) is 14.7 Å². The molecule has 0 atom stereocenters. The van der Waals surface area contributed by atoms with Crippen molar-refractivity contribution in [3.63, 3.8) is 0 Å². The van der Waals surface area contributed by atoms with Crippen molar-refractivity contribution in [3.8, 4) is 22.6 Å². The van der Waals surface area contributed by atoms with E-state index in [0.717, 1.165) is 71.1 Å². The van der Waals surface area contributed by atoms with E-state index in [1.54, 1.807) is 0 Å². The first-order valence-corrected chi connectivity index (χ1v) is 12.9. The molecule has 37 heavy (non-hydrogen) atoms. The molecule has 1 saturated heterocycles. The third-order valence-electron chi connectivity index (χ3n) is 7.05. The molecule has 0 bridgehead atoms. The number of aromatic nitrogens is 3. The van der Waals surface area contributed by atoms with Crippen LogP contribution in [0.25, 0.3) is 33.5 Å². The van der Waals surface area contributed by atoms with Crippen LogP contribution < -0.4 is 9.80 Å². The van der Waals surface area contributed by atoms with Gasteiger partial charge in [-0.3, -0.25) is 0 Å². The molecule has 0 amide bonds. The van der Waals surface area contributed by atoms with E-state index in [9.17, 15) is 0 Å². The monoisotopic (exact) mass is 489 g/mol. The molecule has 6 heteroatoms. The minimum absolute atomic E-state index is 0.709. The first-order valence-electron chi connectivity index (χ1n) is 12.9. The van der Waals surface area contributed by atoms with Crippen molar-refractivity contribution in [3.05, 3.63) is 96.7 Å². The maximum absolute atomic E-state index is 5.62. The number of fused-ring (bicyclic) bond motifs is 1. The summed E-state index contributed by atoms with van der Waals surface area (Å²) in [7, 11) is 2.16. The number of aromatic amines is 1. The highest BCUT2D eigenvalue weighted by Gasteiger charge is 2.19. The standard InChI is InChI=1S/C31H31N5O/c1-35(17-15-23-8-3-2-4-9-23)29-13-6-5-10-26(29)28-22-30(36-18-20-37-21-19-36)34-31(33-28)25-11-7-12-27-24(25)14-16-32-27/h2-14,16,22,32H,15,17-21H2,1H3. The van der Waals surface area contributed by atoms with Crippen LogP contribution in [0.5, 0.6) is 0 Å². The normalized spacial score (nSPS) is 13.7. The number of ether oxygens (including phenoxy) is 1. The largest absolute Gasteiger partial charge is 0.378 e. The average Bonchev–Trinajstić information content (AvgIpc) is 3.46. The highest BCUT2D eigenvalue weighted by molar-refractivity contribution is 5.94. The van der Waals surface area contributed by atoms with Crippen LogP contribution in [0.2, 0.25) is 0 Å². The van der Waals surface area contributed by atoms with Gasteiger partial charge in [0, 0.05) is 66.7 Å². The molecule has 6 rings (SSSR count). The van der Waals surface area contributed by atoms with Crippen molar-refractivity contribution in [2.24, 2.45) is 0 Å². The van der Waals surface area contributed by atoms with Crippen LogP contribution in [0, 0.1) is 0 Å². The summed E-state index contributed by atoms with van der Waals surface area (Å²) in [5.41, 5.74) is 6.66. The maximum Gasteiger partial charge on any atom is 0.162 e. The molecule has 6 nitrogen and oxygen atoms in total. The first-order chi connectivity index (χ1) is 18.3. The topological polar surface area (TPSA) is 57.3 Å². The predicted molar refractivity (Wildman–Crippen MR) is 151 cm³/mol. The lowest BCUT2D eigenvalue weighted by Gasteiger charge is -2.29. The van der Waals surface area contributed by atoms with E-state index in [1.807, 2.05) is 6.20 Å². The van der Waals surface area contributed by atoms with E-state index in [0.29, 0.717) is 13.2 Å². The first kappa shape index (κ1) is 23.3. The molecule has 0 unspecified atom stereocenters. The van der Waals surface area contributed by atoms with Gasteiger partial charge in [0.15, 0.2) is 5.82 Å². The maximum atomic E-state index is 5.62. The van der Waals surface area contributed by atoms with Crippen LogP contribution in [0.15, 0.2) is 91.1 Å². The second-order valence-electron chi connectivity index (χ2n) is 9.45. The Kier molecular flexibility index (Phi) is 6.57. The smallest absolute Gasteiger partial charge is 0.162 e. The van der Waals surface area contributed by atoms with E-state index in [-0.39, 0.29) is 0 Å². The van der Waals surface area contributed by atoms with Gasteiger partial charge < -0.3 is 19.5 Å². The van der Waals surface area contributed by atoms with Crippen molar-refractivity contribution in [1.82, 2.24) is 15.0 Å². The Labute approximate surface area is 217 Å². The van der Waals surface area contributed by atoms with Gasteiger partial charge in [0.05, 0.1) is 18.9 Å². The van der Waals surface area contributed by atoms with E-state index in [1.165, 1.54) is 5.56 Å². The van der Waals surface area contributed by atoms with E-state index >= 15 is 0 Å². The van der Waals surface area contributed by atoms with Crippen molar-refractivity contribution in [2.75, 3.05) is 49.7 Å². The molecule has 186 valence electrons. The summed E-state index contributed by atoms with van der Waals surface area (Å²) in [6, 6.07) is 29.7. The molecule has 1 fully saturated rings. The van der Waals surface area contributed by atoms with Crippen LogP contribution in [-0.2, 0) is 11.2 Å². The number of morpholine rings is 1. The number of anilines is 2. The lowest BCUT2D eigenvalue weighted by atomic mass is 10.1. The minimum atomic E-state index is 0.709. The molecule has 3 heterocycles. The van der Waals surface area contributed by atoms with Crippen molar-refractivity contribution in [1.29, 1.82) is 0 Å². The highest BCUT2D eigenvalue weighted by atomic mass is 16.5. The second kappa shape index (κ2) is 10.4. The number of nitrogens with zero attached hydrogens (tertiary/aromatic N) is 4. The number of hydrogen-bond donors (Lipinski definition) is 1. The number of para-hydroxylation sites is 1. The molecule has 3 aromatic carbocycles. The Morgan fingerprint density at radius 2 is 1.65 bits per heavy atom. The number of likely N-dealkylation sites (N-methyl/N-ethyl adjacent to an activating group) is 1. The van der Waals surface area contributed by atoms with Crippen LogP contribution >= 0.6 is 0 Å². The predicted octanol–water partition coefficient (Wildman–Crippen LogP) is 5.81. The summed E-state index contributed by atoms with van der Waals surface area (Å²) in [4.78, 5) is 18.2. The summed E-state index contributed by atoms with van der Waals surface area (Å²) in [5.74, 6) is 1.68. The minimum Gasteiger partial charge on any atom is -0.378 e. The van der Waals surface area contributed by atoms with Crippen molar-refractivity contribution < 1.29 is 4.74 Å². The summed E-state index contributed by atoms with van der Waals surface area (Å²) in [6.45, 7) is 3.98. The molecule has 2 aromatic heterocycles. The Morgan fingerprint density at radius 1 is 0.865 bits per heavy atom.